The van der Waals surface area contributed by atoms with Crippen molar-refractivity contribution in [2.24, 2.45) is 10.7 Å². The summed E-state index contributed by atoms with van der Waals surface area (Å²) in [5.41, 5.74) is 7.36. The predicted molar refractivity (Wildman–Crippen MR) is 132 cm³/mol. The van der Waals surface area contributed by atoms with E-state index < -0.39 is 11.9 Å². The van der Waals surface area contributed by atoms with Gasteiger partial charge in [0, 0.05) is 42.1 Å². The molecule has 1 heterocycles. The Balaban J connectivity index is 1.92. The minimum atomic E-state index is -0.790. The van der Waals surface area contributed by atoms with E-state index in [1.165, 1.54) is 25.5 Å². The predicted octanol–water partition coefficient (Wildman–Crippen LogP) is 3.19. The minimum absolute atomic E-state index is 0.0345. The summed E-state index contributed by atoms with van der Waals surface area (Å²) in [7, 11) is 2.97. The van der Waals surface area contributed by atoms with Gasteiger partial charge >= 0.3 is 0 Å². The molecule has 0 aliphatic carbocycles. The second-order valence-electron chi connectivity index (χ2n) is 7.73. The molecular weight excluding hydrogens is 437 g/mol. The number of halogens is 1. The summed E-state index contributed by atoms with van der Waals surface area (Å²) in [6, 6.07) is 10.5. The number of pyridine rings is 1. The summed E-state index contributed by atoms with van der Waals surface area (Å²) in [5, 5.41) is 16.9. The highest BCUT2D eigenvalue weighted by Crippen LogP contribution is 2.26. The van der Waals surface area contributed by atoms with Gasteiger partial charge in [-0.2, -0.15) is 0 Å². The van der Waals surface area contributed by atoms with E-state index in [0.29, 0.717) is 16.9 Å². The van der Waals surface area contributed by atoms with Crippen LogP contribution in [0.25, 0.3) is 10.8 Å². The molecule has 0 spiro atoms. The Labute approximate surface area is 197 Å². The van der Waals surface area contributed by atoms with Gasteiger partial charge in [0.05, 0.1) is 19.8 Å². The maximum absolute atomic E-state index is 14.4. The number of rotatable bonds is 9. The minimum Gasteiger partial charge on any atom is -0.494 e. The first-order valence-corrected chi connectivity index (χ1v) is 10.7. The highest BCUT2D eigenvalue weighted by Gasteiger charge is 2.20. The van der Waals surface area contributed by atoms with E-state index in [4.69, 9.17) is 10.5 Å². The number of nitrogens with two attached hydrogens (primary N) is 1. The second-order valence-corrected chi connectivity index (χ2v) is 7.73. The number of carbonyl (C=O) groups is 1. The lowest BCUT2D eigenvalue weighted by atomic mass is 10.0. The Morgan fingerprint density at radius 1 is 1.26 bits per heavy atom. The van der Waals surface area contributed by atoms with Crippen molar-refractivity contribution < 1.29 is 19.0 Å². The van der Waals surface area contributed by atoms with Crippen LogP contribution >= 0.6 is 0 Å². The number of aromatic nitrogens is 1. The summed E-state index contributed by atoms with van der Waals surface area (Å²) >= 11 is 0. The molecule has 34 heavy (non-hydrogen) atoms. The highest BCUT2D eigenvalue weighted by atomic mass is 19.1. The van der Waals surface area contributed by atoms with Gasteiger partial charge in [-0.15, -0.1) is 0 Å². The summed E-state index contributed by atoms with van der Waals surface area (Å²) < 4.78 is 19.3. The molecule has 2 aromatic carbocycles. The number of carbonyl (C=O) groups excluding carboxylic acids is 1. The van der Waals surface area contributed by atoms with Crippen molar-refractivity contribution in [2.75, 3.05) is 26.1 Å². The lowest BCUT2D eigenvalue weighted by Gasteiger charge is -2.20. The van der Waals surface area contributed by atoms with Crippen molar-refractivity contribution in [2.45, 2.75) is 19.0 Å². The van der Waals surface area contributed by atoms with Crippen molar-refractivity contribution in [3.8, 4) is 5.75 Å². The first-order chi connectivity index (χ1) is 16.4. The van der Waals surface area contributed by atoms with Crippen LogP contribution in [0.3, 0.4) is 0 Å². The van der Waals surface area contributed by atoms with Gasteiger partial charge in [0.2, 0.25) is 0 Å². The van der Waals surface area contributed by atoms with Gasteiger partial charge in [0.1, 0.15) is 5.82 Å². The molecule has 8 nitrogen and oxygen atoms in total. The first-order valence-electron chi connectivity index (χ1n) is 10.7. The zero-order valence-corrected chi connectivity index (χ0v) is 19.2. The van der Waals surface area contributed by atoms with Crippen molar-refractivity contribution in [3.05, 3.63) is 77.4 Å². The molecular formula is C25H28FN5O3. The molecule has 5 N–H and O–H groups in total. The quantitative estimate of drug-likeness (QED) is 0.360. The van der Waals surface area contributed by atoms with Crippen LogP contribution in [0.15, 0.2) is 65.4 Å². The first kappa shape index (κ1) is 24.7. The van der Waals surface area contributed by atoms with E-state index >= 15 is 0 Å². The number of hydrogen-bond acceptors (Lipinski definition) is 7. The number of methoxy groups -OCH3 is 1. The fraction of sp³-hybridized carbons (Fsp3) is 0.240. The Hall–Kier alpha value is -3.98. The summed E-state index contributed by atoms with van der Waals surface area (Å²) in [6.45, 7) is 1.80. The molecule has 1 amide bonds. The number of anilines is 1. The maximum atomic E-state index is 14.4. The van der Waals surface area contributed by atoms with E-state index in [1.807, 2.05) is 6.92 Å². The monoisotopic (exact) mass is 465 g/mol. The Bertz CT molecular complexity index is 1230. The average molecular weight is 466 g/mol. The number of aliphatic hydroxyl groups excluding tert-OH is 1. The summed E-state index contributed by atoms with van der Waals surface area (Å²) in [5.74, 6) is -0.270. The average Bonchev–Trinajstić information content (AvgIpc) is 2.85. The van der Waals surface area contributed by atoms with Gasteiger partial charge in [-0.05, 0) is 54.3 Å². The Morgan fingerprint density at radius 2 is 2.06 bits per heavy atom. The van der Waals surface area contributed by atoms with E-state index in [0.717, 1.165) is 10.8 Å². The number of nitrogens with one attached hydrogen (secondary N) is 2. The number of allylic oxidation sites excluding steroid dienone is 1. The topological polar surface area (TPSA) is 122 Å². The van der Waals surface area contributed by atoms with E-state index in [2.05, 4.69) is 20.6 Å². The Morgan fingerprint density at radius 3 is 2.74 bits per heavy atom. The van der Waals surface area contributed by atoms with Gasteiger partial charge in [-0.1, -0.05) is 12.1 Å². The van der Waals surface area contributed by atoms with E-state index in [-0.39, 0.29) is 30.0 Å². The SMILES string of the molecule is CN=CC=C(N)[C@@H](NC(=O)c1ccc2cnc(N[C@@H](C)CO)cc2c1)c1ccc(OC)c(F)c1. The van der Waals surface area contributed by atoms with Gasteiger partial charge in [-0.25, -0.2) is 9.37 Å². The largest absolute Gasteiger partial charge is 0.494 e. The highest BCUT2D eigenvalue weighted by molar-refractivity contribution is 5.99. The molecule has 0 saturated carbocycles. The normalized spacial score (nSPS) is 13.6. The molecule has 0 fully saturated rings. The smallest absolute Gasteiger partial charge is 0.252 e. The third-order valence-electron chi connectivity index (χ3n) is 5.19. The number of aliphatic imine (C=N–C) groups is 1. The van der Waals surface area contributed by atoms with Crippen LogP contribution in [0.4, 0.5) is 10.2 Å². The number of hydrogen-bond donors (Lipinski definition) is 4. The zero-order valence-electron chi connectivity index (χ0n) is 19.2. The van der Waals surface area contributed by atoms with Gasteiger partial charge in [0.25, 0.3) is 5.91 Å². The molecule has 9 heteroatoms. The molecule has 3 rings (SSSR count). The third-order valence-corrected chi connectivity index (χ3v) is 5.19. The maximum Gasteiger partial charge on any atom is 0.252 e. The van der Waals surface area contributed by atoms with E-state index in [1.54, 1.807) is 49.7 Å². The molecule has 178 valence electrons. The molecule has 0 aliphatic rings. The molecule has 0 unspecified atom stereocenters. The van der Waals surface area contributed by atoms with Gasteiger partial charge in [-0.3, -0.25) is 9.79 Å². The Kier molecular flexibility index (Phi) is 8.15. The number of nitrogens with zero attached hydrogens (tertiary/aromatic N) is 2. The number of benzene rings is 2. The molecule has 0 saturated heterocycles. The summed E-state index contributed by atoms with van der Waals surface area (Å²) in [6.07, 6.45) is 4.75. The van der Waals surface area contributed by atoms with Crippen LogP contribution < -0.4 is 21.1 Å². The van der Waals surface area contributed by atoms with Crippen LogP contribution in [0.1, 0.15) is 28.9 Å². The van der Waals surface area contributed by atoms with Crippen molar-refractivity contribution in [3.63, 3.8) is 0 Å². The van der Waals surface area contributed by atoms with Crippen molar-refractivity contribution >= 4 is 28.7 Å². The molecule has 0 aliphatic heterocycles. The standard InChI is InChI=1S/C25H28FN5O3/c1-15(14-32)30-23-12-19-10-17(4-5-18(19)13-29-23)25(33)31-24(21(27)8-9-28-2)16-6-7-22(34-3)20(26)11-16/h4-13,15,24,32H,14,27H2,1-3H3,(H,29,30)(H,31,33)/t15-,24-/m0/s1. The zero-order chi connectivity index (χ0) is 24.7. The van der Waals surface area contributed by atoms with E-state index in [9.17, 15) is 14.3 Å². The van der Waals surface area contributed by atoms with Gasteiger partial charge < -0.3 is 26.2 Å². The molecule has 0 bridgehead atoms. The lowest BCUT2D eigenvalue weighted by Crippen LogP contribution is -2.32. The number of amides is 1. The molecule has 1 aromatic heterocycles. The number of fused-ring (bicyclic) bond motifs is 1. The van der Waals surface area contributed by atoms with Crippen molar-refractivity contribution in [1.82, 2.24) is 10.3 Å². The van der Waals surface area contributed by atoms with Crippen molar-refractivity contribution in [1.29, 1.82) is 0 Å². The number of ether oxygens (including phenoxy) is 1. The number of aliphatic hydroxyl groups is 1. The van der Waals surface area contributed by atoms with Crippen LogP contribution in [-0.4, -0.2) is 49.0 Å². The fourth-order valence-corrected chi connectivity index (χ4v) is 3.35. The lowest BCUT2D eigenvalue weighted by molar-refractivity contribution is 0.0942. The molecule has 3 aromatic rings. The van der Waals surface area contributed by atoms with Crippen LogP contribution in [0, 0.1) is 5.82 Å². The molecule has 0 radical (unpaired) electrons. The summed E-state index contributed by atoms with van der Waals surface area (Å²) in [4.78, 5) is 21.4. The third kappa shape index (κ3) is 5.87. The van der Waals surface area contributed by atoms with Gasteiger partial charge in [0.15, 0.2) is 11.6 Å². The molecule has 2 atom stereocenters. The van der Waals surface area contributed by atoms with Crippen LogP contribution in [-0.2, 0) is 0 Å². The fourth-order valence-electron chi connectivity index (χ4n) is 3.35. The van der Waals surface area contributed by atoms with Crippen LogP contribution in [0.5, 0.6) is 5.75 Å². The van der Waals surface area contributed by atoms with Crippen LogP contribution in [0.2, 0.25) is 0 Å². The second kappa shape index (κ2) is 11.2.